The van der Waals surface area contributed by atoms with Crippen LogP contribution in [0.5, 0.6) is 0 Å². The van der Waals surface area contributed by atoms with Gasteiger partial charge in [0.25, 0.3) is 5.91 Å². The van der Waals surface area contributed by atoms with Crippen molar-refractivity contribution in [1.29, 1.82) is 0 Å². The minimum Gasteiger partial charge on any atom is -0.388 e. The summed E-state index contributed by atoms with van der Waals surface area (Å²) in [4.78, 5) is 12.1. The average Bonchev–Trinajstić information content (AvgIpc) is 2.46. The van der Waals surface area contributed by atoms with E-state index >= 15 is 0 Å². The molecule has 2 aromatic rings. The Balaban J connectivity index is 2.05. The zero-order valence-corrected chi connectivity index (χ0v) is 12.3. The Hall–Kier alpha value is -2.00. The van der Waals surface area contributed by atoms with E-state index in [4.69, 9.17) is 11.6 Å². The molecule has 0 atom stereocenters. The molecule has 0 fully saturated rings. The molecule has 0 spiro atoms. The van der Waals surface area contributed by atoms with Gasteiger partial charge in [-0.05, 0) is 42.3 Å². The molecule has 0 heterocycles. The zero-order chi connectivity index (χ0) is 14.5. The van der Waals surface area contributed by atoms with Crippen LogP contribution in [-0.2, 0) is 6.54 Å². The molecule has 0 unspecified atom stereocenters. The van der Waals surface area contributed by atoms with E-state index in [0.717, 1.165) is 16.8 Å². The van der Waals surface area contributed by atoms with Gasteiger partial charge in [-0.25, -0.2) is 0 Å². The largest absolute Gasteiger partial charge is 0.388 e. The second-order valence-electron chi connectivity index (χ2n) is 4.55. The molecule has 1 amide bonds. The molecule has 0 saturated carbocycles. The average molecular weight is 289 g/mol. The number of aryl methyl sites for hydroxylation is 1. The van der Waals surface area contributed by atoms with Crippen LogP contribution in [-0.4, -0.2) is 13.0 Å². The fourth-order valence-electron chi connectivity index (χ4n) is 2.00. The molecule has 2 N–H and O–H groups in total. The molecule has 0 aliphatic carbocycles. The van der Waals surface area contributed by atoms with Crippen LogP contribution >= 0.6 is 11.6 Å². The topological polar surface area (TPSA) is 41.1 Å². The quantitative estimate of drug-likeness (QED) is 0.902. The number of carbonyl (C=O) groups is 1. The van der Waals surface area contributed by atoms with Gasteiger partial charge >= 0.3 is 0 Å². The summed E-state index contributed by atoms with van der Waals surface area (Å²) in [6.45, 7) is 2.39. The summed E-state index contributed by atoms with van der Waals surface area (Å²) in [5, 5.41) is 6.62. The van der Waals surface area contributed by atoms with E-state index < -0.39 is 0 Å². The molecule has 3 nitrogen and oxygen atoms in total. The van der Waals surface area contributed by atoms with Crippen molar-refractivity contribution in [1.82, 2.24) is 5.32 Å². The van der Waals surface area contributed by atoms with Gasteiger partial charge in [-0.3, -0.25) is 4.79 Å². The van der Waals surface area contributed by atoms with Crippen molar-refractivity contribution in [2.75, 3.05) is 12.4 Å². The van der Waals surface area contributed by atoms with E-state index in [9.17, 15) is 4.79 Å². The molecule has 104 valence electrons. The highest BCUT2D eigenvalue weighted by Crippen LogP contribution is 2.17. The molecule has 0 bridgehead atoms. The predicted octanol–water partition coefficient (Wildman–Crippen LogP) is 3.62. The van der Waals surface area contributed by atoms with Crippen LogP contribution in [0.25, 0.3) is 0 Å². The second-order valence-corrected chi connectivity index (χ2v) is 4.96. The zero-order valence-electron chi connectivity index (χ0n) is 11.5. The molecular formula is C16H17ClN2O. The van der Waals surface area contributed by atoms with Crippen molar-refractivity contribution >= 4 is 23.2 Å². The summed E-state index contributed by atoms with van der Waals surface area (Å²) in [6.07, 6.45) is 0. The van der Waals surface area contributed by atoms with E-state index in [2.05, 4.69) is 10.6 Å². The van der Waals surface area contributed by atoms with E-state index in [1.54, 1.807) is 6.07 Å². The van der Waals surface area contributed by atoms with Gasteiger partial charge in [0.1, 0.15) is 0 Å². The summed E-state index contributed by atoms with van der Waals surface area (Å²) in [5.41, 5.74) is 3.62. The van der Waals surface area contributed by atoms with E-state index in [-0.39, 0.29) is 5.91 Å². The standard InChI is InChI=1S/C16H17ClN2O/c1-11-9-12(7-8-15(11)18-2)16(20)19-10-13-5-3-4-6-14(13)17/h3-9,18H,10H2,1-2H3,(H,19,20). The van der Waals surface area contributed by atoms with Gasteiger partial charge in [0.2, 0.25) is 0 Å². The van der Waals surface area contributed by atoms with Gasteiger partial charge in [0.15, 0.2) is 0 Å². The molecule has 20 heavy (non-hydrogen) atoms. The maximum absolute atomic E-state index is 12.1. The Bertz CT molecular complexity index is 626. The number of anilines is 1. The molecule has 0 aromatic heterocycles. The molecule has 0 aliphatic heterocycles. The molecule has 0 radical (unpaired) electrons. The van der Waals surface area contributed by atoms with Crippen LogP contribution in [0.4, 0.5) is 5.69 Å². The van der Waals surface area contributed by atoms with Crippen molar-refractivity contribution in [3.8, 4) is 0 Å². The number of carbonyl (C=O) groups excluding carboxylic acids is 1. The number of rotatable bonds is 4. The SMILES string of the molecule is CNc1ccc(C(=O)NCc2ccccc2Cl)cc1C. The smallest absolute Gasteiger partial charge is 0.251 e. The summed E-state index contributed by atoms with van der Waals surface area (Å²) >= 11 is 6.06. The summed E-state index contributed by atoms with van der Waals surface area (Å²) in [6, 6.07) is 13.1. The third-order valence-electron chi connectivity index (χ3n) is 3.16. The van der Waals surface area contributed by atoms with E-state index in [0.29, 0.717) is 17.1 Å². The lowest BCUT2D eigenvalue weighted by Crippen LogP contribution is -2.23. The molecule has 4 heteroatoms. The number of hydrogen-bond donors (Lipinski definition) is 2. The third kappa shape index (κ3) is 3.31. The van der Waals surface area contributed by atoms with Gasteiger partial charge in [-0.15, -0.1) is 0 Å². The molecule has 0 saturated heterocycles. The Morgan fingerprint density at radius 2 is 1.95 bits per heavy atom. The first-order chi connectivity index (χ1) is 9.61. The minimum atomic E-state index is -0.101. The van der Waals surface area contributed by atoms with Crippen molar-refractivity contribution in [3.63, 3.8) is 0 Å². The molecule has 2 rings (SSSR count). The monoisotopic (exact) mass is 288 g/mol. The lowest BCUT2D eigenvalue weighted by atomic mass is 10.1. The predicted molar refractivity (Wildman–Crippen MR) is 83.3 cm³/mol. The molecule has 2 aromatic carbocycles. The minimum absolute atomic E-state index is 0.101. The number of halogens is 1. The highest BCUT2D eigenvalue weighted by Gasteiger charge is 2.08. The Morgan fingerprint density at radius 3 is 2.60 bits per heavy atom. The first-order valence-electron chi connectivity index (χ1n) is 6.42. The van der Waals surface area contributed by atoms with Gasteiger partial charge in [0.05, 0.1) is 0 Å². The van der Waals surface area contributed by atoms with Gasteiger partial charge in [-0.1, -0.05) is 29.8 Å². The number of nitrogens with one attached hydrogen (secondary N) is 2. The van der Waals surface area contributed by atoms with E-state index in [1.165, 1.54) is 0 Å². The van der Waals surface area contributed by atoms with Crippen LogP contribution in [0.1, 0.15) is 21.5 Å². The lowest BCUT2D eigenvalue weighted by molar-refractivity contribution is 0.0951. The Morgan fingerprint density at radius 1 is 1.20 bits per heavy atom. The number of hydrogen-bond acceptors (Lipinski definition) is 2. The van der Waals surface area contributed by atoms with Gasteiger partial charge in [-0.2, -0.15) is 0 Å². The van der Waals surface area contributed by atoms with Crippen molar-refractivity contribution in [3.05, 3.63) is 64.2 Å². The van der Waals surface area contributed by atoms with Crippen LogP contribution in [0.2, 0.25) is 5.02 Å². The molecule has 0 aliphatic rings. The summed E-state index contributed by atoms with van der Waals surface area (Å²) < 4.78 is 0. The highest BCUT2D eigenvalue weighted by molar-refractivity contribution is 6.31. The summed E-state index contributed by atoms with van der Waals surface area (Å²) in [5.74, 6) is -0.101. The van der Waals surface area contributed by atoms with Gasteiger partial charge < -0.3 is 10.6 Å². The van der Waals surface area contributed by atoms with Crippen LogP contribution in [0.15, 0.2) is 42.5 Å². The lowest BCUT2D eigenvalue weighted by Gasteiger charge is -2.09. The van der Waals surface area contributed by atoms with Gasteiger partial charge in [0, 0.05) is 29.9 Å². The van der Waals surface area contributed by atoms with Crippen LogP contribution in [0.3, 0.4) is 0 Å². The van der Waals surface area contributed by atoms with Crippen molar-refractivity contribution < 1.29 is 4.79 Å². The molecular weight excluding hydrogens is 272 g/mol. The summed E-state index contributed by atoms with van der Waals surface area (Å²) in [7, 11) is 1.86. The maximum atomic E-state index is 12.1. The van der Waals surface area contributed by atoms with Crippen LogP contribution in [0, 0.1) is 6.92 Å². The Kier molecular flexibility index (Phi) is 4.64. The maximum Gasteiger partial charge on any atom is 0.251 e. The third-order valence-corrected chi connectivity index (χ3v) is 3.52. The number of amides is 1. The van der Waals surface area contributed by atoms with Crippen molar-refractivity contribution in [2.45, 2.75) is 13.5 Å². The first kappa shape index (κ1) is 14.4. The number of benzene rings is 2. The Labute approximate surface area is 124 Å². The van der Waals surface area contributed by atoms with Crippen molar-refractivity contribution in [2.24, 2.45) is 0 Å². The van der Waals surface area contributed by atoms with E-state index in [1.807, 2.05) is 50.4 Å². The fourth-order valence-corrected chi connectivity index (χ4v) is 2.21. The highest BCUT2D eigenvalue weighted by atomic mass is 35.5. The first-order valence-corrected chi connectivity index (χ1v) is 6.79. The van der Waals surface area contributed by atoms with Crippen LogP contribution < -0.4 is 10.6 Å². The second kappa shape index (κ2) is 6.44. The fraction of sp³-hybridized carbons (Fsp3) is 0.188. The normalized spacial score (nSPS) is 10.2.